The summed E-state index contributed by atoms with van der Waals surface area (Å²) in [5.74, 6) is -0.378. The number of aromatic nitrogens is 2. The van der Waals surface area contributed by atoms with E-state index in [0.717, 1.165) is 5.56 Å². The van der Waals surface area contributed by atoms with Crippen LogP contribution in [0.3, 0.4) is 0 Å². The van der Waals surface area contributed by atoms with Gasteiger partial charge in [-0.25, -0.2) is 9.37 Å². The normalized spacial score (nSPS) is 12.1. The topological polar surface area (TPSA) is 55.2 Å². The van der Waals surface area contributed by atoms with Crippen LogP contribution in [0, 0.1) is 5.82 Å². The van der Waals surface area contributed by atoms with Crippen LogP contribution in [0.5, 0.6) is 0 Å². The summed E-state index contributed by atoms with van der Waals surface area (Å²) < 4.78 is 14.6. The van der Waals surface area contributed by atoms with E-state index in [1.807, 2.05) is 13.0 Å². The Labute approximate surface area is 157 Å². The molecule has 1 atom stereocenters. The lowest BCUT2D eigenvalue weighted by molar-refractivity contribution is -0.132. The van der Waals surface area contributed by atoms with E-state index in [0.29, 0.717) is 17.3 Å². The number of carbonyl (C=O) groups excluding carboxylic acids is 1. The van der Waals surface area contributed by atoms with E-state index >= 15 is 0 Å². The standard InChI is InChI=1S/C21H22FN3O2/c1-3-19(15-8-10-16(22)11-9-15)24(2)20(26)12-13-25-14-23-18-7-5-4-6-17(18)21(25)27/h4-11,14,19H,3,12-13H2,1-2H3. The molecular weight excluding hydrogens is 345 g/mol. The van der Waals surface area contributed by atoms with Crippen LogP contribution in [0.15, 0.2) is 59.7 Å². The maximum Gasteiger partial charge on any atom is 0.261 e. The summed E-state index contributed by atoms with van der Waals surface area (Å²) >= 11 is 0. The molecule has 0 saturated carbocycles. The van der Waals surface area contributed by atoms with Gasteiger partial charge in [0.15, 0.2) is 0 Å². The largest absolute Gasteiger partial charge is 0.339 e. The summed E-state index contributed by atoms with van der Waals surface area (Å²) in [7, 11) is 1.74. The fourth-order valence-corrected chi connectivity index (χ4v) is 3.25. The summed E-state index contributed by atoms with van der Waals surface area (Å²) in [6, 6.07) is 13.2. The van der Waals surface area contributed by atoms with Gasteiger partial charge >= 0.3 is 0 Å². The second-order valence-corrected chi connectivity index (χ2v) is 6.49. The van der Waals surface area contributed by atoms with Crippen molar-refractivity contribution >= 4 is 16.8 Å². The van der Waals surface area contributed by atoms with Crippen molar-refractivity contribution in [2.24, 2.45) is 0 Å². The fraction of sp³-hybridized carbons (Fsp3) is 0.286. The predicted molar refractivity (Wildman–Crippen MR) is 103 cm³/mol. The molecular formula is C21H22FN3O2. The smallest absolute Gasteiger partial charge is 0.261 e. The van der Waals surface area contributed by atoms with Crippen LogP contribution in [0.1, 0.15) is 31.4 Å². The third kappa shape index (κ3) is 4.05. The lowest BCUT2D eigenvalue weighted by Crippen LogP contribution is -2.32. The zero-order valence-electron chi connectivity index (χ0n) is 15.4. The van der Waals surface area contributed by atoms with Crippen LogP contribution in [-0.2, 0) is 11.3 Å². The molecule has 0 bridgehead atoms. The molecule has 0 saturated heterocycles. The highest BCUT2D eigenvalue weighted by atomic mass is 19.1. The first kappa shape index (κ1) is 18.8. The Kier molecular flexibility index (Phi) is 5.64. The molecule has 5 nitrogen and oxygen atoms in total. The van der Waals surface area contributed by atoms with Gasteiger partial charge < -0.3 is 4.90 Å². The molecule has 0 aliphatic heterocycles. The van der Waals surface area contributed by atoms with E-state index < -0.39 is 0 Å². The number of carbonyl (C=O) groups is 1. The SMILES string of the molecule is CCC(c1ccc(F)cc1)N(C)C(=O)CCn1cnc2ccccc2c1=O. The van der Waals surface area contributed by atoms with Crippen LogP contribution in [-0.4, -0.2) is 27.4 Å². The molecule has 0 radical (unpaired) electrons. The summed E-state index contributed by atoms with van der Waals surface area (Å²) in [6.45, 7) is 2.25. The molecule has 0 fully saturated rings. The highest BCUT2D eigenvalue weighted by molar-refractivity contribution is 5.77. The summed E-state index contributed by atoms with van der Waals surface area (Å²) in [5.41, 5.74) is 1.38. The minimum absolute atomic E-state index is 0.0776. The van der Waals surface area contributed by atoms with Crippen LogP contribution in [0.25, 0.3) is 10.9 Å². The Morgan fingerprint density at radius 1 is 1.19 bits per heavy atom. The Bertz CT molecular complexity index is 998. The average molecular weight is 367 g/mol. The molecule has 3 rings (SSSR count). The number of benzene rings is 2. The summed E-state index contributed by atoms with van der Waals surface area (Å²) in [4.78, 5) is 31.1. The minimum Gasteiger partial charge on any atom is -0.339 e. The lowest BCUT2D eigenvalue weighted by Gasteiger charge is -2.28. The van der Waals surface area contributed by atoms with Crippen molar-refractivity contribution in [3.8, 4) is 0 Å². The summed E-state index contributed by atoms with van der Waals surface area (Å²) in [6.07, 6.45) is 2.38. The van der Waals surface area contributed by atoms with E-state index in [1.165, 1.54) is 23.0 Å². The third-order valence-corrected chi connectivity index (χ3v) is 4.80. The lowest BCUT2D eigenvalue weighted by atomic mass is 10.0. The molecule has 2 aromatic carbocycles. The fourth-order valence-electron chi connectivity index (χ4n) is 3.25. The second-order valence-electron chi connectivity index (χ2n) is 6.49. The van der Waals surface area contributed by atoms with Gasteiger partial charge in [0.1, 0.15) is 5.82 Å². The molecule has 3 aromatic rings. The monoisotopic (exact) mass is 367 g/mol. The van der Waals surface area contributed by atoms with E-state index in [-0.39, 0.29) is 36.3 Å². The highest BCUT2D eigenvalue weighted by Crippen LogP contribution is 2.23. The van der Waals surface area contributed by atoms with Gasteiger partial charge in [0.05, 0.1) is 23.3 Å². The number of para-hydroxylation sites is 1. The van der Waals surface area contributed by atoms with Crippen molar-refractivity contribution in [1.82, 2.24) is 14.5 Å². The van der Waals surface area contributed by atoms with Crippen LogP contribution in [0.2, 0.25) is 0 Å². The van der Waals surface area contributed by atoms with Gasteiger partial charge in [-0.1, -0.05) is 31.2 Å². The molecule has 1 aromatic heterocycles. The molecule has 0 aliphatic rings. The first-order valence-electron chi connectivity index (χ1n) is 8.96. The molecule has 1 unspecified atom stereocenters. The zero-order valence-corrected chi connectivity index (χ0v) is 15.4. The van der Waals surface area contributed by atoms with Crippen LogP contribution < -0.4 is 5.56 Å². The van der Waals surface area contributed by atoms with E-state index in [2.05, 4.69) is 4.98 Å². The van der Waals surface area contributed by atoms with Gasteiger partial charge in [-0.2, -0.15) is 0 Å². The minimum atomic E-state index is -0.300. The van der Waals surface area contributed by atoms with Crippen molar-refractivity contribution in [3.63, 3.8) is 0 Å². The van der Waals surface area contributed by atoms with Crippen molar-refractivity contribution in [1.29, 1.82) is 0 Å². The summed E-state index contributed by atoms with van der Waals surface area (Å²) in [5, 5.41) is 0.540. The maximum atomic E-state index is 13.2. The number of rotatable bonds is 6. The van der Waals surface area contributed by atoms with Crippen LogP contribution in [0.4, 0.5) is 4.39 Å². The first-order valence-corrected chi connectivity index (χ1v) is 8.96. The van der Waals surface area contributed by atoms with Gasteiger partial charge in [-0.15, -0.1) is 0 Å². The van der Waals surface area contributed by atoms with Crippen molar-refractivity contribution in [2.45, 2.75) is 32.4 Å². The number of fused-ring (bicyclic) bond motifs is 1. The average Bonchev–Trinajstić information content (AvgIpc) is 2.69. The Morgan fingerprint density at radius 3 is 2.59 bits per heavy atom. The molecule has 0 aliphatic carbocycles. The molecule has 140 valence electrons. The quantitative estimate of drug-likeness (QED) is 0.670. The van der Waals surface area contributed by atoms with E-state index in [1.54, 1.807) is 42.3 Å². The number of aryl methyl sites for hydroxylation is 1. The molecule has 0 N–H and O–H groups in total. The van der Waals surface area contributed by atoms with Gasteiger partial charge in [0.2, 0.25) is 5.91 Å². The Hall–Kier alpha value is -3.02. The first-order chi connectivity index (χ1) is 13.0. The van der Waals surface area contributed by atoms with Gasteiger partial charge in [0.25, 0.3) is 5.56 Å². The van der Waals surface area contributed by atoms with Gasteiger partial charge in [-0.3, -0.25) is 14.2 Å². The van der Waals surface area contributed by atoms with E-state index in [4.69, 9.17) is 0 Å². The zero-order chi connectivity index (χ0) is 19.4. The Morgan fingerprint density at radius 2 is 1.89 bits per heavy atom. The van der Waals surface area contributed by atoms with Crippen LogP contribution >= 0.6 is 0 Å². The molecule has 27 heavy (non-hydrogen) atoms. The van der Waals surface area contributed by atoms with E-state index in [9.17, 15) is 14.0 Å². The number of nitrogens with zero attached hydrogens (tertiary/aromatic N) is 3. The molecule has 6 heteroatoms. The molecule has 1 amide bonds. The number of hydrogen-bond acceptors (Lipinski definition) is 3. The number of amides is 1. The number of halogens is 1. The maximum absolute atomic E-state index is 13.2. The van der Waals surface area contributed by atoms with Gasteiger partial charge in [-0.05, 0) is 36.2 Å². The van der Waals surface area contributed by atoms with Crippen molar-refractivity contribution in [3.05, 3.63) is 76.6 Å². The third-order valence-electron chi connectivity index (χ3n) is 4.80. The Balaban J connectivity index is 1.72. The van der Waals surface area contributed by atoms with Crippen molar-refractivity contribution < 1.29 is 9.18 Å². The predicted octanol–water partition coefficient (Wildman–Crippen LogP) is 3.54. The number of hydrogen-bond donors (Lipinski definition) is 0. The highest BCUT2D eigenvalue weighted by Gasteiger charge is 2.20. The second kappa shape index (κ2) is 8.12. The van der Waals surface area contributed by atoms with Gasteiger partial charge in [0, 0.05) is 20.0 Å². The van der Waals surface area contributed by atoms with Crippen molar-refractivity contribution in [2.75, 3.05) is 7.05 Å². The molecule has 1 heterocycles. The molecule has 0 spiro atoms.